The van der Waals surface area contributed by atoms with E-state index >= 15 is 0 Å². The van der Waals surface area contributed by atoms with Gasteiger partial charge in [0, 0.05) is 30.7 Å². The first-order chi connectivity index (χ1) is 11.5. The monoisotopic (exact) mass is 400 g/mol. The van der Waals surface area contributed by atoms with Crippen LogP contribution in [0, 0.1) is 0 Å². The molecule has 0 radical (unpaired) electrons. The molecule has 0 aliphatic carbocycles. The second kappa shape index (κ2) is 9.01. The molecule has 1 fully saturated rings. The highest BCUT2D eigenvalue weighted by molar-refractivity contribution is 7.89. The highest BCUT2D eigenvalue weighted by atomic mass is 35.5. The van der Waals surface area contributed by atoms with Crippen LogP contribution in [0.15, 0.2) is 59.5 Å². The molecule has 0 saturated carbocycles. The Morgan fingerprint density at radius 3 is 2.36 bits per heavy atom. The van der Waals surface area contributed by atoms with Crippen LogP contribution < -0.4 is 4.72 Å². The maximum Gasteiger partial charge on any atom is 0.240 e. The van der Waals surface area contributed by atoms with E-state index in [1.807, 2.05) is 18.2 Å². The molecule has 1 heterocycles. The van der Waals surface area contributed by atoms with E-state index in [1.165, 1.54) is 11.6 Å². The van der Waals surface area contributed by atoms with E-state index in [2.05, 4.69) is 21.8 Å². The summed E-state index contributed by atoms with van der Waals surface area (Å²) in [6, 6.07) is 16.7. The maximum absolute atomic E-state index is 12.4. The first-order valence-electron chi connectivity index (χ1n) is 8.07. The summed E-state index contributed by atoms with van der Waals surface area (Å²) in [6.07, 6.45) is 1.62. The Labute approximate surface area is 160 Å². The lowest BCUT2D eigenvalue weighted by molar-refractivity contribution is 0.200. The van der Waals surface area contributed by atoms with Crippen molar-refractivity contribution in [3.05, 3.63) is 65.2 Å². The van der Waals surface area contributed by atoms with Crippen LogP contribution in [0.3, 0.4) is 0 Å². The first-order valence-corrected chi connectivity index (χ1v) is 9.93. The quantitative estimate of drug-likeness (QED) is 0.831. The molecule has 1 N–H and O–H groups in total. The molecule has 0 unspecified atom stereocenters. The summed E-state index contributed by atoms with van der Waals surface area (Å²) < 4.78 is 27.7. The second-order valence-electron chi connectivity index (χ2n) is 6.11. The molecule has 136 valence electrons. The number of nitrogens with one attached hydrogen (secondary N) is 1. The van der Waals surface area contributed by atoms with Gasteiger partial charge in [0.2, 0.25) is 10.0 Å². The summed E-state index contributed by atoms with van der Waals surface area (Å²) in [6.45, 7) is 2.68. The molecule has 0 bridgehead atoms. The average molecular weight is 401 g/mol. The molecule has 1 aliphatic rings. The van der Waals surface area contributed by atoms with Gasteiger partial charge in [0.1, 0.15) is 0 Å². The van der Waals surface area contributed by atoms with Crippen molar-refractivity contribution >= 4 is 34.0 Å². The van der Waals surface area contributed by atoms with Gasteiger partial charge in [-0.15, -0.1) is 12.4 Å². The maximum atomic E-state index is 12.4. The molecule has 1 aliphatic heterocycles. The topological polar surface area (TPSA) is 49.4 Å². The number of hydrogen-bond acceptors (Lipinski definition) is 3. The van der Waals surface area contributed by atoms with Crippen LogP contribution in [-0.2, 0) is 16.6 Å². The van der Waals surface area contributed by atoms with Crippen LogP contribution in [0.1, 0.15) is 18.4 Å². The number of likely N-dealkylation sites (tertiary alicyclic amines) is 1. The van der Waals surface area contributed by atoms with Crippen molar-refractivity contribution in [3.8, 4) is 0 Å². The third-order valence-corrected chi connectivity index (χ3v) is 6.02. The molecule has 0 spiro atoms. The SMILES string of the molecule is Cl.O=S(=O)(NC1CCN(Cc2ccccc2)CC1)c1cccc(Cl)c1. The van der Waals surface area contributed by atoms with E-state index in [-0.39, 0.29) is 23.3 Å². The summed E-state index contributed by atoms with van der Waals surface area (Å²) in [5.41, 5.74) is 1.29. The van der Waals surface area contributed by atoms with Gasteiger partial charge in [-0.1, -0.05) is 48.0 Å². The summed E-state index contributed by atoms with van der Waals surface area (Å²) >= 11 is 5.89. The van der Waals surface area contributed by atoms with E-state index in [0.29, 0.717) is 5.02 Å². The summed E-state index contributed by atoms with van der Waals surface area (Å²) in [5, 5.41) is 0.426. The van der Waals surface area contributed by atoms with Gasteiger partial charge in [-0.05, 0) is 36.6 Å². The van der Waals surface area contributed by atoms with Gasteiger partial charge in [0.15, 0.2) is 0 Å². The van der Waals surface area contributed by atoms with Gasteiger partial charge in [-0.3, -0.25) is 4.90 Å². The van der Waals surface area contributed by atoms with Gasteiger partial charge < -0.3 is 0 Å². The van der Waals surface area contributed by atoms with E-state index in [1.54, 1.807) is 18.2 Å². The fraction of sp³-hybridized carbons (Fsp3) is 0.333. The van der Waals surface area contributed by atoms with Gasteiger partial charge in [-0.25, -0.2) is 13.1 Å². The Balaban J connectivity index is 0.00000225. The molecular weight excluding hydrogens is 379 g/mol. The Kier molecular flexibility index (Phi) is 7.28. The van der Waals surface area contributed by atoms with E-state index in [0.717, 1.165) is 32.5 Å². The molecule has 3 rings (SSSR count). The zero-order valence-electron chi connectivity index (χ0n) is 13.8. The van der Waals surface area contributed by atoms with Crippen molar-refractivity contribution in [2.75, 3.05) is 13.1 Å². The van der Waals surface area contributed by atoms with Crippen LogP contribution in [0.2, 0.25) is 5.02 Å². The van der Waals surface area contributed by atoms with Crippen molar-refractivity contribution in [1.82, 2.24) is 9.62 Å². The number of hydrogen-bond donors (Lipinski definition) is 1. The summed E-state index contributed by atoms with van der Waals surface area (Å²) in [7, 11) is -3.51. The van der Waals surface area contributed by atoms with E-state index in [9.17, 15) is 8.42 Å². The highest BCUT2D eigenvalue weighted by Gasteiger charge is 2.24. The minimum absolute atomic E-state index is 0. The van der Waals surface area contributed by atoms with Gasteiger partial charge >= 0.3 is 0 Å². The van der Waals surface area contributed by atoms with Crippen molar-refractivity contribution in [3.63, 3.8) is 0 Å². The molecule has 0 atom stereocenters. The number of rotatable bonds is 5. The zero-order chi connectivity index (χ0) is 17.0. The third-order valence-electron chi connectivity index (χ3n) is 4.26. The molecular formula is C18H22Cl2N2O2S. The van der Waals surface area contributed by atoms with Crippen LogP contribution >= 0.6 is 24.0 Å². The second-order valence-corrected chi connectivity index (χ2v) is 8.27. The fourth-order valence-electron chi connectivity index (χ4n) is 2.97. The zero-order valence-corrected chi connectivity index (χ0v) is 16.2. The predicted octanol–water partition coefficient (Wildman–Crippen LogP) is 3.70. The number of sulfonamides is 1. The van der Waals surface area contributed by atoms with Crippen molar-refractivity contribution in [2.45, 2.75) is 30.3 Å². The van der Waals surface area contributed by atoms with Gasteiger partial charge in [0.05, 0.1) is 4.90 Å². The number of halogens is 2. The molecule has 0 aromatic heterocycles. The van der Waals surface area contributed by atoms with Crippen molar-refractivity contribution in [1.29, 1.82) is 0 Å². The van der Waals surface area contributed by atoms with Crippen LogP contribution in [-0.4, -0.2) is 32.4 Å². The van der Waals surface area contributed by atoms with Crippen LogP contribution in [0.5, 0.6) is 0 Å². The van der Waals surface area contributed by atoms with Crippen LogP contribution in [0.25, 0.3) is 0 Å². The predicted molar refractivity (Wildman–Crippen MR) is 104 cm³/mol. The lowest BCUT2D eigenvalue weighted by Gasteiger charge is -2.32. The average Bonchev–Trinajstić information content (AvgIpc) is 2.57. The number of nitrogens with zero attached hydrogens (tertiary/aromatic N) is 1. The molecule has 25 heavy (non-hydrogen) atoms. The van der Waals surface area contributed by atoms with Crippen LogP contribution in [0.4, 0.5) is 0 Å². The lowest BCUT2D eigenvalue weighted by Crippen LogP contribution is -2.44. The smallest absolute Gasteiger partial charge is 0.240 e. The summed E-state index contributed by atoms with van der Waals surface area (Å²) in [5.74, 6) is 0. The minimum Gasteiger partial charge on any atom is -0.299 e. The molecule has 7 heteroatoms. The standard InChI is InChI=1S/C18H21ClN2O2S.ClH/c19-16-7-4-8-18(13-16)24(22,23)20-17-9-11-21(12-10-17)14-15-5-2-1-3-6-15;/h1-8,13,17,20H,9-12,14H2;1H. The van der Waals surface area contributed by atoms with Gasteiger partial charge in [0.25, 0.3) is 0 Å². The largest absolute Gasteiger partial charge is 0.299 e. The van der Waals surface area contributed by atoms with E-state index < -0.39 is 10.0 Å². The van der Waals surface area contributed by atoms with E-state index in [4.69, 9.17) is 11.6 Å². The Morgan fingerprint density at radius 1 is 1.04 bits per heavy atom. The minimum atomic E-state index is -3.51. The first kappa shape index (κ1) is 20.2. The normalized spacial score (nSPS) is 16.4. The molecule has 2 aromatic carbocycles. The molecule has 1 saturated heterocycles. The Hall–Kier alpha value is -1.11. The number of piperidine rings is 1. The highest BCUT2D eigenvalue weighted by Crippen LogP contribution is 2.19. The molecule has 2 aromatic rings. The molecule has 4 nitrogen and oxygen atoms in total. The van der Waals surface area contributed by atoms with Crippen molar-refractivity contribution in [2.24, 2.45) is 0 Å². The summed E-state index contributed by atoms with van der Waals surface area (Å²) in [4.78, 5) is 2.58. The third kappa shape index (κ3) is 5.69. The Morgan fingerprint density at radius 2 is 1.72 bits per heavy atom. The molecule has 0 amide bonds. The number of benzene rings is 2. The Bertz CT molecular complexity index is 777. The van der Waals surface area contributed by atoms with Crippen molar-refractivity contribution < 1.29 is 8.42 Å². The van der Waals surface area contributed by atoms with Gasteiger partial charge in [-0.2, -0.15) is 0 Å². The lowest BCUT2D eigenvalue weighted by atomic mass is 10.1. The fourth-order valence-corrected chi connectivity index (χ4v) is 4.58.